The smallest absolute Gasteiger partial charge is 0.340 e. The van der Waals surface area contributed by atoms with Gasteiger partial charge in [0.2, 0.25) is 0 Å². The molecule has 0 fully saturated rings. The SMILES string of the molecule is Cc1ccc2cc(C(F)(F)F)n(C)c2c1. The number of hydrogen-bond acceptors (Lipinski definition) is 0. The highest BCUT2D eigenvalue weighted by molar-refractivity contribution is 5.82. The van der Waals surface area contributed by atoms with Crippen LogP contribution in [0.1, 0.15) is 11.3 Å². The summed E-state index contributed by atoms with van der Waals surface area (Å²) in [6.45, 7) is 1.86. The normalized spacial score (nSPS) is 12.3. The van der Waals surface area contributed by atoms with Crippen LogP contribution >= 0.6 is 0 Å². The number of fused-ring (bicyclic) bond motifs is 1. The minimum atomic E-state index is -4.29. The lowest BCUT2D eigenvalue weighted by Crippen LogP contribution is -2.10. The van der Waals surface area contributed by atoms with Gasteiger partial charge in [0.25, 0.3) is 0 Å². The van der Waals surface area contributed by atoms with Crippen LogP contribution in [0.25, 0.3) is 10.9 Å². The van der Waals surface area contributed by atoms with Crippen molar-refractivity contribution in [1.29, 1.82) is 0 Å². The van der Waals surface area contributed by atoms with Gasteiger partial charge in [0.05, 0.1) is 0 Å². The Morgan fingerprint density at radius 2 is 1.80 bits per heavy atom. The van der Waals surface area contributed by atoms with Crippen LogP contribution in [0.2, 0.25) is 0 Å². The first-order chi connectivity index (χ1) is 6.89. The van der Waals surface area contributed by atoms with Crippen molar-refractivity contribution in [2.24, 2.45) is 7.05 Å². The largest absolute Gasteiger partial charge is 0.431 e. The van der Waals surface area contributed by atoms with Crippen molar-refractivity contribution >= 4 is 10.9 Å². The molecule has 0 aliphatic carbocycles. The zero-order valence-corrected chi connectivity index (χ0v) is 8.39. The van der Waals surface area contributed by atoms with E-state index in [1.165, 1.54) is 17.7 Å². The molecule has 0 saturated carbocycles. The summed E-state index contributed by atoms with van der Waals surface area (Å²) >= 11 is 0. The molecule has 0 radical (unpaired) electrons. The topological polar surface area (TPSA) is 4.93 Å². The summed E-state index contributed by atoms with van der Waals surface area (Å²) in [6, 6.07) is 6.45. The fraction of sp³-hybridized carbons (Fsp3) is 0.273. The van der Waals surface area contributed by atoms with Gasteiger partial charge in [-0.3, -0.25) is 0 Å². The first kappa shape index (κ1) is 10.1. The molecule has 0 aliphatic heterocycles. The Bertz CT molecular complexity index is 508. The van der Waals surface area contributed by atoms with Gasteiger partial charge in [0.1, 0.15) is 5.69 Å². The highest BCUT2D eigenvalue weighted by Crippen LogP contribution is 2.33. The van der Waals surface area contributed by atoms with E-state index in [0.717, 1.165) is 5.56 Å². The van der Waals surface area contributed by atoms with Crippen molar-refractivity contribution in [2.45, 2.75) is 13.1 Å². The van der Waals surface area contributed by atoms with Crippen LogP contribution in [-0.4, -0.2) is 4.57 Å². The fourth-order valence-corrected chi connectivity index (χ4v) is 1.71. The molecular weight excluding hydrogens is 203 g/mol. The second kappa shape index (κ2) is 3.02. The molecule has 1 aromatic carbocycles. The molecule has 80 valence electrons. The van der Waals surface area contributed by atoms with Gasteiger partial charge in [-0.25, -0.2) is 0 Å². The van der Waals surface area contributed by atoms with Crippen LogP contribution in [0, 0.1) is 6.92 Å². The Labute approximate surface area is 85.1 Å². The summed E-state index contributed by atoms with van der Waals surface area (Å²) in [4.78, 5) is 0. The van der Waals surface area contributed by atoms with Gasteiger partial charge in [-0.15, -0.1) is 0 Å². The zero-order valence-electron chi connectivity index (χ0n) is 8.39. The summed E-state index contributed by atoms with van der Waals surface area (Å²) in [5.74, 6) is 0. The maximum absolute atomic E-state index is 12.6. The number of rotatable bonds is 0. The molecule has 0 N–H and O–H groups in total. The summed E-state index contributed by atoms with van der Waals surface area (Å²) < 4.78 is 38.9. The Balaban J connectivity index is 2.76. The minimum absolute atomic E-state index is 0.608. The van der Waals surface area contributed by atoms with Gasteiger partial charge >= 0.3 is 6.18 Å². The third-order valence-electron chi connectivity index (χ3n) is 2.49. The molecular formula is C11H10F3N. The molecule has 2 aromatic rings. The Hall–Kier alpha value is -1.45. The Morgan fingerprint density at radius 1 is 1.13 bits per heavy atom. The Kier molecular flexibility index (Phi) is 2.03. The molecule has 1 aromatic heterocycles. The fourth-order valence-electron chi connectivity index (χ4n) is 1.71. The van der Waals surface area contributed by atoms with Crippen LogP contribution in [0.15, 0.2) is 24.3 Å². The molecule has 1 heterocycles. The minimum Gasteiger partial charge on any atom is -0.340 e. The van der Waals surface area contributed by atoms with E-state index < -0.39 is 11.9 Å². The quantitative estimate of drug-likeness (QED) is 0.631. The van der Waals surface area contributed by atoms with Crippen molar-refractivity contribution in [3.05, 3.63) is 35.5 Å². The monoisotopic (exact) mass is 213 g/mol. The molecule has 0 bridgehead atoms. The molecule has 0 amide bonds. The van der Waals surface area contributed by atoms with Gasteiger partial charge in [-0.1, -0.05) is 12.1 Å². The highest BCUT2D eigenvalue weighted by atomic mass is 19.4. The average Bonchev–Trinajstić information content (AvgIpc) is 2.43. The van der Waals surface area contributed by atoms with E-state index in [9.17, 15) is 13.2 Å². The number of benzene rings is 1. The first-order valence-electron chi connectivity index (χ1n) is 4.53. The highest BCUT2D eigenvalue weighted by Gasteiger charge is 2.34. The Morgan fingerprint density at radius 3 is 2.40 bits per heavy atom. The molecule has 0 spiro atoms. The van der Waals surface area contributed by atoms with Gasteiger partial charge in [0, 0.05) is 18.0 Å². The predicted octanol–water partition coefficient (Wildman–Crippen LogP) is 3.51. The number of aryl methyl sites for hydroxylation is 2. The van der Waals surface area contributed by atoms with Gasteiger partial charge in [0.15, 0.2) is 0 Å². The third kappa shape index (κ3) is 1.60. The summed E-state index contributed by atoms with van der Waals surface area (Å²) in [6.07, 6.45) is -4.29. The van der Waals surface area contributed by atoms with Crippen molar-refractivity contribution < 1.29 is 13.2 Å². The van der Waals surface area contributed by atoms with Crippen LogP contribution in [0.5, 0.6) is 0 Å². The molecule has 0 aliphatic rings. The number of nitrogens with zero attached hydrogens (tertiary/aromatic N) is 1. The standard InChI is InChI=1S/C11H10F3N/c1-7-3-4-8-6-10(11(12,13)14)15(2)9(8)5-7/h3-6H,1-2H3. The van der Waals surface area contributed by atoms with E-state index in [1.54, 1.807) is 12.1 Å². The molecule has 2 rings (SSSR count). The van der Waals surface area contributed by atoms with E-state index in [4.69, 9.17) is 0 Å². The molecule has 0 atom stereocenters. The molecule has 0 saturated heterocycles. The third-order valence-corrected chi connectivity index (χ3v) is 2.49. The predicted molar refractivity (Wildman–Crippen MR) is 52.7 cm³/mol. The lowest BCUT2D eigenvalue weighted by atomic mass is 10.2. The first-order valence-corrected chi connectivity index (χ1v) is 4.53. The van der Waals surface area contributed by atoms with Crippen molar-refractivity contribution in [2.75, 3.05) is 0 Å². The van der Waals surface area contributed by atoms with E-state index in [-0.39, 0.29) is 0 Å². The van der Waals surface area contributed by atoms with Crippen molar-refractivity contribution in [1.82, 2.24) is 4.57 Å². The van der Waals surface area contributed by atoms with Gasteiger partial charge < -0.3 is 4.57 Å². The number of halogens is 3. The molecule has 4 heteroatoms. The number of alkyl halides is 3. The second-order valence-corrected chi connectivity index (χ2v) is 3.65. The summed E-state index contributed by atoms with van der Waals surface area (Å²) in [7, 11) is 1.44. The average molecular weight is 213 g/mol. The van der Waals surface area contributed by atoms with Crippen LogP contribution in [-0.2, 0) is 13.2 Å². The van der Waals surface area contributed by atoms with Crippen LogP contribution in [0.3, 0.4) is 0 Å². The van der Waals surface area contributed by atoms with Gasteiger partial charge in [-0.05, 0) is 24.6 Å². The second-order valence-electron chi connectivity index (χ2n) is 3.65. The van der Waals surface area contributed by atoms with Crippen molar-refractivity contribution in [3.63, 3.8) is 0 Å². The summed E-state index contributed by atoms with van der Waals surface area (Å²) in [5, 5.41) is 0.621. The van der Waals surface area contributed by atoms with Crippen molar-refractivity contribution in [3.8, 4) is 0 Å². The van der Waals surface area contributed by atoms with E-state index in [0.29, 0.717) is 10.9 Å². The van der Waals surface area contributed by atoms with E-state index in [1.807, 2.05) is 13.0 Å². The lowest BCUT2D eigenvalue weighted by molar-refractivity contribution is -0.142. The molecule has 15 heavy (non-hydrogen) atoms. The van der Waals surface area contributed by atoms with Gasteiger partial charge in [-0.2, -0.15) is 13.2 Å². The van der Waals surface area contributed by atoms with Crippen LogP contribution < -0.4 is 0 Å². The van der Waals surface area contributed by atoms with E-state index >= 15 is 0 Å². The summed E-state index contributed by atoms with van der Waals surface area (Å²) in [5.41, 5.74) is 0.961. The maximum atomic E-state index is 12.6. The van der Waals surface area contributed by atoms with E-state index in [2.05, 4.69) is 0 Å². The van der Waals surface area contributed by atoms with Crippen LogP contribution in [0.4, 0.5) is 13.2 Å². The lowest BCUT2D eigenvalue weighted by Gasteiger charge is -2.07. The number of hydrogen-bond donors (Lipinski definition) is 0. The number of aromatic nitrogens is 1. The molecule has 1 nitrogen and oxygen atoms in total. The maximum Gasteiger partial charge on any atom is 0.431 e. The zero-order chi connectivity index (χ0) is 11.2. The molecule has 0 unspecified atom stereocenters.